The molecule has 1 fully saturated rings. The number of ketones is 1. The SMILES string of the molecule is COc1ccc(/C=C2\SC(=N)[C@H](c3nccs3)C2=O)c(C)c1. The van der Waals surface area contributed by atoms with E-state index >= 15 is 0 Å². The molecular weight excluding hydrogens is 316 g/mol. The molecule has 0 saturated carbocycles. The number of nitrogens with zero attached hydrogens (tertiary/aromatic N) is 1. The van der Waals surface area contributed by atoms with Crippen molar-refractivity contribution in [1.82, 2.24) is 4.98 Å². The van der Waals surface area contributed by atoms with Crippen LogP contribution in [0.5, 0.6) is 5.75 Å². The molecule has 2 aromatic rings. The van der Waals surface area contributed by atoms with Gasteiger partial charge >= 0.3 is 0 Å². The van der Waals surface area contributed by atoms with Crippen LogP contribution in [0.25, 0.3) is 6.08 Å². The lowest BCUT2D eigenvalue weighted by Crippen LogP contribution is -2.11. The highest BCUT2D eigenvalue weighted by atomic mass is 32.2. The predicted octanol–water partition coefficient (Wildman–Crippen LogP) is 3.88. The predicted molar refractivity (Wildman–Crippen MR) is 90.9 cm³/mol. The van der Waals surface area contributed by atoms with E-state index in [2.05, 4.69) is 4.98 Å². The second-order valence-corrected chi connectivity index (χ2v) is 6.87. The van der Waals surface area contributed by atoms with Crippen LogP contribution in [0.2, 0.25) is 0 Å². The molecule has 0 amide bonds. The normalized spacial score (nSPS) is 19.9. The lowest BCUT2D eigenvalue weighted by Gasteiger charge is -2.05. The lowest BCUT2D eigenvalue weighted by molar-refractivity contribution is -0.114. The molecule has 22 heavy (non-hydrogen) atoms. The molecule has 1 aliphatic heterocycles. The molecule has 1 saturated heterocycles. The highest BCUT2D eigenvalue weighted by Crippen LogP contribution is 2.41. The number of Topliss-reactive ketones (excluding diaryl/α,β-unsaturated/α-hetero) is 1. The second kappa shape index (κ2) is 6.06. The number of thioether (sulfide) groups is 1. The first-order valence-electron chi connectivity index (χ1n) is 6.66. The van der Waals surface area contributed by atoms with Gasteiger partial charge in [-0.05, 0) is 36.3 Å². The number of aromatic nitrogens is 1. The fourth-order valence-electron chi connectivity index (χ4n) is 2.27. The Morgan fingerprint density at radius 1 is 1.41 bits per heavy atom. The molecule has 1 atom stereocenters. The third-order valence-electron chi connectivity index (χ3n) is 3.45. The van der Waals surface area contributed by atoms with Crippen LogP contribution in [0, 0.1) is 12.3 Å². The maximum absolute atomic E-state index is 12.6. The number of rotatable bonds is 3. The largest absolute Gasteiger partial charge is 0.497 e. The number of allylic oxidation sites excluding steroid dienone is 1. The first-order chi connectivity index (χ1) is 10.6. The average molecular weight is 330 g/mol. The van der Waals surface area contributed by atoms with Gasteiger partial charge in [-0.2, -0.15) is 0 Å². The first-order valence-corrected chi connectivity index (χ1v) is 8.36. The summed E-state index contributed by atoms with van der Waals surface area (Å²) >= 11 is 2.64. The number of aryl methyl sites for hydroxylation is 1. The number of hydrogen-bond acceptors (Lipinski definition) is 6. The number of benzene rings is 1. The minimum absolute atomic E-state index is 0.0415. The van der Waals surface area contributed by atoms with Gasteiger partial charge in [-0.1, -0.05) is 17.8 Å². The Kier molecular flexibility index (Phi) is 4.13. The topological polar surface area (TPSA) is 63.0 Å². The van der Waals surface area contributed by atoms with Crippen LogP contribution in [0.4, 0.5) is 0 Å². The second-order valence-electron chi connectivity index (χ2n) is 4.87. The average Bonchev–Trinajstić information content (AvgIpc) is 3.10. The monoisotopic (exact) mass is 330 g/mol. The third-order valence-corrected chi connectivity index (χ3v) is 5.28. The smallest absolute Gasteiger partial charge is 0.186 e. The quantitative estimate of drug-likeness (QED) is 0.868. The molecule has 4 nitrogen and oxygen atoms in total. The minimum atomic E-state index is -0.533. The van der Waals surface area contributed by atoms with Gasteiger partial charge in [0.1, 0.15) is 16.7 Å². The summed E-state index contributed by atoms with van der Waals surface area (Å²) in [6, 6.07) is 5.72. The Hall–Kier alpha value is -1.92. The van der Waals surface area contributed by atoms with Gasteiger partial charge in [0, 0.05) is 11.6 Å². The van der Waals surface area contributed by atoms with E-state index in [9.17, 15) is 4.79 Å². The fraction of sp³-hybridized carbons (Fsp3) is 0.188. The number of carbonyl (C=O) groups is 1. The van der Waals surface area contributed by atoms with Crippen LogP contribution in [0.1, 0.15) is 22.1 Å². The van der Waals surface area contributed by atoms with E-state index in [4.69, 9.17) is 10.1 Å². The Balaban J connectivity index is 1.93. The molecular formula is C16H14N2O2S2. The summed E-state index contributed by atoms with van der Waals surface area (Å²) in [7, 11) is 1.63. The molecule has 112 valence electrons. The Labute approximate surface area is 136 Å². The number of thiazole rings is 1. The number of ether oxygens (including phenoxy) is 1. The van der Waals surface area contributed by atoms with Crippen molar-refractivity contribution in [2.24, 2.45) is 0 Å². The molecule has 0 aliphatic carbocycles. The Morgan fingerprint density at radius 2 is 2.23 bits per heavy atom. The Bertz CT molecular complexity index is 766. The Morgan fingerprint density at radius 3 is 2.86 bits per heavy atom. The number of hydrogen-bond donors (Lipinski definition) is 1. The molecule has 0 bridgehead atoms. The molecule has 2 heterocycles. The zero-order valence-electron chi connectivity index (χ0n) is 12.1. The van der Waals surface area contributed by atoms with E-state index in [1.165, 1.54) is 23.1 Å². The van der Waals surface area contributed by atoms with Crippen LogP contribution in [0.3, 0.4) is 0 Å². The van der Waals surface area contributed by atoms with Gasteiger partial charge in [-0.15, -0.1) is 11.3 Å². The maximum atomic E-state index is 12.6. The van der Waals surface area contributed by atoms with E-state index in [-0.39, 0.29) is 5.78 Å². The van der Waals surface area contributed by atoms with Crippen molar-refractivity contribution in [3.05, 3.63) is 50.8 Å². The summed E-state index contributed by atoms with van der Waals surface area (Å²) in [6.45, 7) is 1.97. The van der Waals surface area contributed by atoms with Crippen LogP contribution in [-0.4, -0.2) is 22.9 Å². The number of nitrogens with one attached hydrogen (secondary N) is 1. The fourth-order valence-corrected chi connectivity index (χ4v) is 4.07. The van der Waals surface area contributed by atoms with Crippen LogP contribution in [-0.2, 0) is 4.79 Å². The van der Waals surface area contributed by atoms with Crippen molar-refractivity contribution in [3.8, 4) is 5.75 Å². The minimum Gasteiger partial charge on any atom is -0.497 e. The van der Waals surface area contributed by atoms with Gasteiger partial charge < -0.3 is 4.74 Å². The maximum Gasteiger partial charge on any atom is 0.186 e. The van der Waals surface area contributed by atoms with E-state index in [1.54, 1.807) is 13.3 Å². The van der Waals surface area contributed by atoms with Crippen molar-refractivity contribution >= 4 is 40.0 Å². The van der Waals surface area contributed by atoms with Crippen LogP contribution in [0.15, 0.2) is 34.7 Å². The molecule has 0 unspecified atom stereocenters. The summed E-state index contributed by atoms with van der Waals surface area (Å²) in [5, 5.41) is 10.9. The van der Waals surface area contributed by atoms with Gasteiger partial charge in [0.25, 0.3) is 0 Å². The summed E-state index contributed by atoms with van der Waals surface area (Å²) in [6.07, 6.45) is 3.52. The standard InChI is InChI=1S/C16H14N2O2S2/c1-9-7-11(20-2)4-3-10(9)8-12-14(19)13(15(17)22-12)16-18-5-6-21-16/h3-8,13,17H,1-2H3/b12-8-,17-15?/t13-/m1/s1. The van der Waals surface area contributed by atoms with Gasteiger partial charge in [0.2, 0.25) is 0 Å². The van der Waals surface area contributed by atoms with Gasteiger partial charge in [-0.25, -0.2) is 4.98 Å². The summed E-state index contributed by atoms with van der Waals surface area (Å²) in [5.74, 6) is 0.216. The van der Waals surface area contributed by atoms with Crippen LogP contribution >= 0.6 is 23.1 Å². The van der Waals surface area contributed by atoms with Crippen molar-refractivity contribution in [1.29, 1.82) is 5.41 Å². The number of methoxy groups -OCH3 is 1. The molecule has 3 rings (SSSR count). The van der Waals surface area contributed by atoms with E-state index in [0.29, 0.717) is 15.0 Å². The summed E-state index contributed by atoms with van der Waals surface area (Å²) in [5.41, 5.74) is 1.99. The molecule has 6 heteroatoms. The lowest BCUT2D eigenvalue weighted by atomic mass is 10.0. The van der Waals surface area contributed by atoms with Gasteiger partial charge in [0.05, 0.1) is 17.1 Å². The molecule has 1 N–H and O–H groups in total. The molecule has 0 radical (unpaired) electrons. The third kappa shape index (κ3) is 2.71. The molecule has 1 aromatic heterocycles. The zero-order chi connectivity index (χ0) is 15.7. The van der Waals surface area contributed by atoms with Gasteiger partial charge in [0.15, 0.2) is 5.78 Å². The van der Waals surface area contributed by atoms with Crippen molar-refractivity contribution in [2.45, 2.75) is 12.8 Å². The molecule has 1 aliphatic rings. The van der Waals surface area contributed by atoms with E-state index in [0.717, 1.165) is 16.9 Å². The van der Waals surface area contributed by atoms with E-state index in [1.807, 2.05) is 36.6 Å². The van der Waals surface area contributed by atoms with Gasteiger partial charge in [-0.3, -0.25) is 10.2 Å². The van der Waals surface area contributed by atoms with E-state index < -0.39 is 5.92 Å². The molecule has 0 spiro atoms. The van der Waals surface area contributed by atoms with Crippen molar-refractivity contribution < 1.29 is 9.53 Å². The number of carbonyl (C=O) groups excluding carboxylic acids is 1. The summed E-state index contributed by atoms with van der Waals surface area (Å²) < 4.78 is 5.19. The van der Waals surface area contributed by atoms with Crippen molar-refractivity contribution in [3.63, 3.8) is 0 Å². The highest BCUT2D eigenvalue weighted by molar-refractivity contribution is 8.19. The molecule has 1 aromatic carbocycles. The highest BCUT2D eigenvalue weighted by Gasteiger charge is 2.38. The van der Waals surface area contributed by atoms with Crippen molar-refractivity contribution in [2.75, 3.05) is 7.11 Å². The zero-order valence-corrected chi connectivity index (χ0v) is 13.8. The summed E-state index contributed by atoms with van der Waals surface area (Å²) in [4.78, 5) is 17.3. The van der Waals surface area contributed by atoms with Crippen LogP contribution < -0.4 is 4.74 Å². The first kappa shape index (κ1) is 15.0.